The summed E-state index contributed by atoms with van der Waals surface area (Å²) in [6, 6.07) is 3.56. The third-order valence-electron chi connectivity index (χ3n) is 2.71. The Bertz CT molecular complexity index is 574. The number of amides is 2. The molecule has 0 aromatic heterocycles. The molecule has 0 heterocycles. The number of phenolic OH excluding ortho intramolecular Hbond substituents is 1. The molecule has 0 fully saturated rings. The fraction of sp³-hybridized carbons (Fsp3) is 0.333. The highest BCUT2D eigenvalue weighted by molar-refractivity contribution is 5.93. The summed E-state index contributed by atoms with van der Waals surface area (Å²) in [6.45, 7) is 6.70. The van der Waals surface area contributed by atoms with Gasteiger partial charge in [-0.25, -0.2) is 10.9 Å². The van der Waals surface area contributed by atoms with E-state index in [1.54, 1.807) is 12.1 Å². The summed E-state index contributed by atoms with van der Waals surface area (Å²) in [4.78, 5) is 21.6. The van der Waals surface area contributed by atoms with E-state index in [9.17, 15) is 14.7 Å². The van der Waals surface area contributed by atoms with E-state index >= 15 is 0 Å². The molecule has 0 aliphatic carbocycles. The molecule has 118 valence electrons. The van der Waals surface area contributed by atoms with Crippen molar-refractivity contribution in [3.8, 4) is 5.75 Å². The van der Waals surface area contributed by atoms with Crippen molar-refractivity contribution in [2.24, 2.45) is 10.2 Å². The van der Waals surface area contributed by atoms with Crippen LogP contribution < -0.4 is 10.9 Å². The van der Waals surface area contributed by atoms with Gasteiger partial charge in [0.2, 0.25) is 11.8 Å². The molecule has 0 atom stereocenters. The molecule has 0 bridgehead atoms. The van der Waals surface area contributed by atoms with E-state index in [4.69, 9.17) is 0 Å². The van der Waals surface area contributed by atoms with Crippen LogP contribution in [0.3, 0.4) is 0 Å². The van der Waals surface area contributed by atoms with Gasteiger partial charge in [-0.1, -0.05) is 13.8 Å². The molecule has 1 aromatic rings. The Morgan fingerprint density at radius 3 is 1.77 bits per heavy atom. The molecule has 0 unspecified atom stereocenters. The van der Waals surface area contributed by atoms with Crippen LogP contribution in [0.15, 0.2) is 22.3 Å². The van der Waals surface area contributed by atoms with Gasteiger partial charge >= 0.3 is 0 Å². The van der Waals surface area contributed by atoms with Crippen LogP contribution in [0, 0.1) is 0 Å². The molecule has 2 amide bonds. The summed E-state index contributed by atoms with van der Waals surface area (Å²) in [5.41, 5.74) is 6.41. The summed E-state index contributed by atoms with van der Waals surface area (Å²) in [6.07, 6.45) is 2.72. The van der Waals surface area contributed by atoms with Crippen molar-refractivity contribution < 1.29 is 14.7 Å². The zero-order chi connectivity index (χ0) is 16.7. The van der Waals surface area contributed by atoms with E-state index in [-0.39, 0.29) is 23.5 Å². The Kier molecular flexibility index (Phi) is 6.25. The number of benzene rings is 1. The number of hydrazone groups is 2. The van der Waals surface area contributed by atoms with Gasteiger partial charge in [0.05, 0.1) is 12.4 Å². The number of hydrogen-bond donors (Lipinski definition) is 3. The second-order valence-electron chi connectivity index (χ2n) is 5.06. The lowest BCUT2D eigenvalue weighted by Gasteiger charge is -2.10. The van der Waals surface area contributed by atoms with Crippen molar-refractivity contribution in [3.63, 3.8) is 0 Å². The Morgan fingerprint density at radius 1 is 1.05 bits per heavy atom. The highest BCUT2D eigenvalue weighted by Crippen LogP contribution is 2.26. The molecule has 3 N–H and O–H groups in total. The summed E-state index contributed by atoms with van der Waals surface area (Å²) in [5, 5.41) is 17.7. The number of carbonyl (C=O) groups is 2. The zero-order valence-corrected chi connectivity index (χ0v) is 13.0. The maximum absolute atomic E-state index is 10.8. The molecule has 7 nitrogen and oxygen atoms in total. The summed E-state index contributed by atoms with van der Waals surface area (Å²) >= 11 is 0. The first kappa shape index (κ1) is 17.4. The summed E-state index contributed by atoms with van der Waals surface area (Å²) in [5.74, 6) is -0.416. The van der Waals surface area contributed by atoms with Gasteiger partial charge in [-0.2, -0.15) is 10.2 Å². The Hall–Kier alpha value is -2.70. The first-order valence-corrected chi connectivity index (χ1v) is 6.77. The highest BCUT2D eigenvalue weighted by atomic mass is 16.3. The average Bonchev–Trinajstić information content (AvgIpc) is 2.41. The number of nitrogens with zero attached hydrogens (tertiary/aromatic N) is 2. The smallest absolute Gasteiger partial charge is 0.236 e. The third kappa shape index (κ3) is 5.35. The summed E-state index contributed by atoms with van der Waals surface area (Å²) < 4.78 is 0. The summed E-state index contributed by atoms with van der Waals surface area (Å²) in [7, 11) is 0. The second-order valence-corrected chi connectivity index (χ2v) is 5.06. The molecule has 1 aromatic carbocycles. The molecular weight excluding hydrogens is 284 g/mol. The second kappa shape index (κ2) is 7.92. The predicted octanol–water partition coefficient (Wildman–Crippen LogP) is 1.46. The number of nitrogens with one attached hydrogen (secondary N) is 2. The van der Waals surface area contributed by atoms with Crippen LogP contribution in [0.2, 0.25) is 0 Å². The maximum atomic E-state index is 10.8. The van der Waals surface area contributed by atoms with Crippen molar-refractivity contribution in [1.82, 2.24) is 10.9 Å². The minimum Gasteiger partial charge on any atom is -0.507 e. The number of phenols is 1. The van der Waals surface area contributed by atoms with Crippen LogP contribution >= 0.6 is 0 Å². The molecule has 0 saturated carbocycles. The largest absolute Gasteiger partial charge is 0.507 e. The van der Waals surface area contributed by atoms with Gasteiger partial charge in [-0.05, 0) is 23.6 Å². The van der Waals surface area contributed by atoms with Crippen molar-refractivity contribution in [3.05, 3.63) is 28.8 Å². The fourth-order valence-corrected chi connectivity index (χ4v) is 1.62. The lowest BCUT2D eigenvalue weighted by Crippen LogP contribution is -2.13. The van der Waals surface area contributed by atoms with E-state index in [1.807, 2.05) is 13.8 Å². The normalized spacial score (nSPS) is 11.3. The first-order chi connectivity index (χ1) is 10.3. The van der Waals surface area contributed by atoms with Crippen LogP contribution in [0.25, 0.3) is 0 Å². The Morgan fingerprint density at radius 2 is 1.45 bits per heavy atom. The van der Waals surface area contributed by atoms with Gasteiger partial charge in [0, 0.05) is 25.0 Å². The quantitative estimate of drug-likeness (QED) is 0.566. The van der Waals surface area contributed by atoms with E-state index in [0.29, 0.717) is 11.1 Å². The average molecular weight is 304 g/mol. The van der Waals surface area contributed by atoms with E-state index < -0.39 is 0 Å². The van der Waals surface area contributed by atoms with Gasteiger partial charge in [0.1, 0.15) is 5.75 Å². The highest BCUT2D eigenvalue weighted by Gasteiger charge is 2.10. The van der Waals surface area contributed by atoms with Crippen LogP contribution in [0.4, 0.5) is 0 Å². The monoisotopic (exact) mass is 304 g/mol. The molecule has 22 heavy (non-hydrogen) atoms. The lowest BCUT2D eigenvalue weighted by molar-refractivity contribution is -0.119. The van der Waals surface area contributed by atoms with Gasteiger partial charge in [0.25, 0.3) is 0 Å². The fourth-order valence-electron chi connectivity index (χ4n) is 1.62. The van der Waals surface area contributed by atoms with Crippen LogP contribution in [-0.4, -0.2) is 29.4 Å². The predicted molar refractivity (Wildman–Crippen MR) is 85.0 cm³/mol. The SMILES string of the molecule is CC(=O)NN=Cc1cc(C(C)C)cc(C=NNC(C)=O)c1O. The maximum Gasteiger partial charge on any atom is 0.236 e. The Balaban J connectivity index is 3.17. The Labute approximate surface area is 129 Å². The number of carbonyl (C=O) groups excluding carboxylic acids is 2. The number of rotatable bonds is 5. The van der Waals surface area contributed by atoms with Crippen LogP contribution in [0.1, 0.15) is 50.3 Å². The molecular formula is C15H20N4O3. The number of aromatic hydroxyl groups is 1. The van der Waals surface area contributed by atoms with Gasteiger partial charge in [-0.3, -0.25) is 9.59 Å². The molecule has 0 saturated heterocycles. The van der Waals surface area contributed by atoms with Crippen molar-refractivity contribution in [1.29, 1.82) is 0 Å². The van der Waals surface area contributed by atoms with Crippen molar-refractivity contribution in [2.75, 3.05) is 0 Å². The lowest BCUT2D eigenvalue weighted by atomic mass is 9.97. The molecule has 1 rings (SSSR count). The minimum atomic E-state index is -0.303. The standard InChI is InChI=1S/C15H20N4O3/c1-9(2)12-5-13(7-16-18-10(3)20)15(22)14(6-12)8-17-19-11(4)21/h5-9,22H,1-4H3,(H,18,20)(H,19,21). The first-order valence-electron chi connectivity index (χ1n) is 6.77. The van der Waals surface area contributed by atoms with Crippen molar-refractivity contribution >= 4 is 24.2 Å². The topological polar surface area (TPSA) is 103 Å². The molecule has 0 aliphatic heterocycles. The molecule has 0 spiro atoms. The van der Waals surface area contributed by atoms with E-state index in [0.717, 1.165) is 5.56 Å². The molecule has 0 radical (unpaired) electrons. The van der Waals surface area contributed by atoms with E-state index in [1.165, 1.54) is 26.3 Å². The van der Waals surface area contributed by atoms with Crippen molar-refractivity contribution in [2.45, 2.75) is 33.6 Å². The molecule has 0 aliphatic rings. The number of hydrogen-bond acceptors (Lipinski definition) is 5. The van der Waals surface area contributed by atoms with E-state index in [2.05, 4.69) is 21.1 Å². The van der Waals surface area contributed by atoms with Crippen LogP contribution in [-0.2, 0) is 9.59 Å². The minimum absolute atomic E-state index is 0.0346. The van der Waals surface area contributed by atoms with Gasteiger partial charge in [-0.15, -0.1) is 0 Å². The van der Waals surface area contributed by atoms with Gasteiger partial charge in [0.15, 0.2) is 0 Å². The molecule has 7 heteroatoms. The zero-order valence-electron chi connectivity index (χ0n) is 13.0. The van der Waals surface area contributed by atoms with Crippen LogP contribution in [0.5, 0.6) is 5.75 Å². The van der Waals surface area contributed by atoms with Gasteiger partial charge < -0.3 is 5.11 Å². The third-order valence-corrected chi connectivity index (χ3v) is 2.71.